The molecule has 1 aliphatic rings. The van der Waals surface area contributed by atoms with Gasteiger partial charge >= 0.3 is 0 Å². The van der Waals surface area contributed by atoms with Gasteiger partial charge in [0.25, 0.3) is 0 Å². The van der Waals surface area contributed by atoms with Gasteiger partial charge in [-0.05, 0) is 38.6 Å². The SMILES string of the molecule is COCCNc1ccc(C2CCCN2C)nc1. The molecule has 4 heteroatoms. The lowest BCUT2D eigenvalue weighted by atomic mass is 10.1. The number of nitrogens with one attached hydrogen (secondary N) is 1. The summed E-state index contributed by atoms with van der Waals surface area (Å²) < 4.78 is 4.99. The number of ether oxygens (including phenoxy) is 1. The fourth-order valence-corrected chi connectivity index (χ4v) is 2.29. The average molecular weight is 235 g/mol. The lowest BCUT2D eigenvalue weighted by Crippen LogP contribution is -2.18. The lowest BCUT2D eigenvalue weighted by Gasteiger charge is -2.18. The zero-order valence-electron chi connectivity index (χ0n) is 10.6. The molecule has 2 rings (SSSR count). The molecule has 1 unspecified atom stereocenters. The molecule has 1 aromatic heterocycles. The maximum atomic E-state index is 4.99. The van der Waals surface area contributed by atoms with Crippen molar-refractivity contribution in [1.29, 1.82) is 0 Å². The van der Waals surface area contributed by atoms with Crippen LogP contribution in [0.2, 0.25) is 0 Å². The van der Waals surface area contributed by atoms with Crippen LogP contribution in [-0.4, -0.2) is 43.7 Å². The maximum Gasteiger partial charge on any atom is 0.0635 e. The van der Waals surface area contributed by atoms with Crippen molar-refractivity contribution in [2.45, 2.75) is 18.9 Å². The summed E-state index contributed by atoms with van der Waals surface area (Å²) in [5, 5.41) is 3.27. The third kappa shape index (κ3) is 3.17. The van der Waals surface area contributed by atoms with Crippen LogP contribution in [-0.2, 0) is 4.74 Å². The molecule has 17 heavy (non-hydrogen) atoms. The second-order valence-corrected chi connectivity index (χ2v) is 4.53. The summed E-state index contributed by atoms with van der Waals surface area (Å²) in [6.07, 6.45) is 4.41. The van der Waals surface area contributed by atoms with Gasteiger partial charge in [0.15, 0.2) is 0 Å². The van der Waals surface area contributed by atoms with E-state index in [1.807, 2.05) is 6.20 Å². The molecule has 1 aromatic rings. The van der Waals surface area contributed by atoms with E-state index in [9.17, 15) is 0 Å². The van der Waals surface area contributed by atoms with Crippen molar-refractivity contribution in [3.05, 3.63) is 24.0 Å². The van der Waals surface area contributed by atoms with Crippen LogP contribution in [0.3, 0.4) is 0 Å². The van der Waals surface area contributed by atoms with E-state index in [2.05, 4.69) is 34.4 Å². The zero-order valence-corrected chi connectivity index (χ0v) is 10.6. The highest BCUT2D eigenvalue weighted by molar-refractivity contribution is 5.41. The number of nitrogens with zero attached hydrogens (tertiary/aromatic N) is 2. The number of rotatable bonds is 5. The van der Waals surface area contributed by atoms with Crippen molar-refractivity contribution in [2.75, 3.05) is 39.2 Å². The summed E-state index contributed by atoms with van der Waals surface area (Å²) in [5.41, 5.74) is 2.24. The predicted octanol–water partition coefficient (Wildman–Crippen LogP) is 1.91. The molecule has 0 bridgehead atoms. The standard InChI is InChI=1S/C13H21N3O/c1-16-8-3-4-13(16)12-6-5-11(10-15-12)14-7-9-17-2/h5-6,10,13-14H,3-4,7-9H2,1-2H3. The first-order valence-electron chi connectivity index (χ1n) is 6.20. The van der Waals surface area contributed by atoms with E-state index < -0.39 is 0 Å². The number of hydrogen-bond acceptors (Lipinski definition) is 4. The van der Waals surface area contributed by atoms with Gasteiger partial charge in [-0.1, -0.05) is 0 Å². The molecular formula is C13H21N3O. The van der Waals surface area contributed by atoms with Crippen molar-refractivity contribution in [2.24, 2.45) is 0 Å². The third-order valence-corrected chi connectivity index (χ3v) is 3.28. The molecule has 0 amide bonds. The van der Waals surface area contributed by atoms with Crippen LogP contribution in [0, 0.1) is 0 Å². The summed E-state index contributed by atoms with van der Waals surface area (Å²) in [4.78, 5) is 6.92. The van der Waals surface area contributed by atoms with Gasteiger partial charge in [-0.3, -0.25) is 9.88 Å². The average Bonchev–Trinajstić information content (AvgIpc) is 2.77. The molecular weight excluding hydrogens is 214 g/mol. The molecule has 0 spiro atoms. The van der Waals surface area contributed by atoms with Crippen LogP contribution in [0.25, 0.3) is 0 Å². The Kier molecular flexibility index (Phi) is 4.34. The molecule has 94 valence electrons. The highest BCUT2D eigenvalue weighted by Gasteiger charge is 2.23. The van der Waals surface area contributed by atoms with E-state index in [0.29, 0.717) is 12.6 Å². The molecule has 1 atom stereocenters. The molecule has 1 saturated heterocycles. The van der Waals surface area contributed by atoms with Gasteiger partial charge in [0.2, 0.25) is 0 Å². The molecule has 0 aliphatic carbocycles. The third-order valence-electron chi connectivity index (χ3n) is 3.28. The van der Waals surface area contributed by atoms with Gasteiger partial charge in [0.05, 0.1) is 30.2 Å². The Bertz CT molecular complexity index is 339. The van der Waals surface area contributed by atoms with Crippen LogP contribution in [0.5, 0.6) is 0 Å². The zero-order chi connectivity index (χ0) is 12.1. The van der Waals surface area contributed by atoms with E-state index in [1.165, 1.54) is 25.1 Å². The highest BCUT2D eigenvalue weighted by atomic mass is 16.5. The van der Waals surface area contributed by atoms with Gasteiger partial charge in [-0.2, -0.15) is 0 Å². The van der Waals surface area contributed by atoms with E-state index in [0.717, 1.165) is 12.2 Å². The van der Waals surface area contributed by atoms with E-state index in [-0.39, 0.29) is 0 Å². The molecule has 1 N–H and O–H groups in total. The highest BCUT2D eigenvalue weighted by Crippen LogP contribution is 2.29. The topological polar surface area (TPSA) is 37.4 Å². The fourth-order valence-electron chi connectivity index (χ4n) is 2.29. The molecule has 4 nitrogen and oxygen atoms in total. The van der Waals surface area contributed by atoms with Crippen LogP contribution < -0.4 is 5.32 Å². The number of hydrogen-bond donors (Lipinski definition) is 1. The Morgan fingerprint density at radius 1 is 1.53 bits per heavy atom. The quantitative estimate of drug-likeness (QED) is 0.791. The first-order chi connectivity index (χ1) is 8.31. The smallest absolute Gasteiger partial charge is 0.0635 e. The van der Waals surface area contributed by atoms with Gasteiger partial charge in [0, 0.05) is 13.7 Å². The minimum Gasteiger partial charge on any atom is -0.383 e. The van der Waals surface area contributed by atoms with Crippen LogP contribution >= 0.6 is 0 Å². The number of anilines is 1. The Labute approximate surface area is 103 Å². The van der Waals surface area contributed by atoms with E-state index >= 15 is 0 Å². The minimum absolute atomic E-state index is 0.503. The van der Waals surface area contributed by atoms with Crippen LogP contribution in [0.4, 0.5) is 5.69 Å². The van der Waals surface area contributed by atoms with Crippen molar-refractivity contribution in [1.82, 2.24) is 9.88 Å². The summed E-state index contributed by atoms with van der Waals surface area (Å²) in [6.45, 7) is 2.72. The molecule has 0 radical (unpaired) electrons. The number of likely N-dealkylation sites (tertiary alicyclic amines) is 1. The molecule has 0 aromatic carbocycles. The largest absolute Gasteiger partial charge is 0.383 e. The second-order valence-electron chi connectivity index (χ2n) is 4.53. The molecule has 1 aliphatic heterocycles. The van der Waals surface area contributed by atoms with Crippen molar-refractivity contribution in [3.63, 3.8) is 0 Å². The van der Waals surface area contributed by atoms with Gasteiger partial charge < -0.3 is 10.1 Å². The predicted molar refractivity (Wildman–Crippen MR) is 69.2 cm³/mol. The lowest BCUT2D eigenvalue weighted by molar-refractivity contribution is 0.211. The first kappa shape index (κ1) is 12.3. The monoisotopic (exact) mass is 235 g/mol. The Morgan fingerprint density at radius 3 is 3.00 bits per heavy atom. The maximum absolute atomic E-state index is 4.99. The number of pyridine rings is 1. The van der Waals surface area contributed by atoms with Gasteiger partial charge in [0.1, 0.15) is 0 Å². The van der Waals surface area contributed by atoms with Crippen molar-refractivity contribution < 1.29 is 4.74 Å². The van der Waals surface area contributed by atoms with Crippen molar-refractivity contribution in [3.8, 4) is 0 Å². The Balaban J connectivity index is 1.93. The fraction of sp³-hybridized carbons (Fsp3) is 0.615. The molecule has 0 saturated carbocycles. The number of aromatic nitrogens is 1. The van der Waals surface area contributed by atoms with Gasteiger partial charge in [-0.25, -0.2) is 0 Å². The van der Waals surface area contributed by atoms with Crippen LogP contribution in [0.15, 0.2) is 18.3 Å². The summed E-state index contributed by atoms with van der Waals surface area (Å²) >= 11 is 0. The van der Waals surface area contributed by atoms with E-state index in [1.54, 1.807) is 7.11 Å². The minimum atomic E-state index is 0.503. The summed E-state index contributed by atoms with van der Waals surface area (Å²) in [6, 6.07) is 4.73. The normalized spacial score (nSPS) is 20.7. The molecule has 1 fully saturated rings. The summed E-state index contributed by atoms with van der Waals surface area (Å²) in [5.74, 6) is 0. The van der Waals surface area contributed by atoms with Crippen LogP contribution in [0.1, 0.15) is 24.6 Å². The van der Waals surface area contributed by atoms with Gasteiger partial charge in [-0.15, -0.1) is 0 Å². The first-order valence-corrected chi connectivity index (χ1v) is 6.20. The Hall–Kier alpha value is -1.13. The second kappa shape index (κ2) is 5.98. The van der Waals surface area contributed by atoms with E-state index in [4.69, 9.17) is 4.74 Å². The summed E-state index contributed by atoms with van der Waals surface area (Å²) in [7, 11) is 3.88. The van der Waals surface area contributed by atoms with Crippen molar-refractivity contribution >= 4 is 5.69 Å². The molecule has 2 heterocycles. The Morgan fingerprint density at radius 2 is 2.41 bits per heavy atom. The number of methoxy groups -OCH3 is 1.